The van der Waals surface area contributed by atoms with E-state index < -0.39 is 11.9 Å². The molecule has 0 aliphatic heterocycles. The Hall–Kier alpha value is -2.33. The summed E-state index contributed by atoms with van der Waals surface area (Å²) in [7, 11) is 1.28. The fourth-order valence-corrected chi connectivity index (χ4v) is 1.14. The maximum absolute atomic E-state index is 11.2. The van der Waals surface area contributed by atoms with E-state index in [0.717, 1.165) is 0 Å². The van der Waals surface area contributed by atoms with Gasteiger partial charge in [-0.25, -0.2) is 4.79 Å². The highest BCUT2D eigenvalue weighted by Gasteiger charge is 2.12. The smallest absolute Gasteiger partial charge is 0.337 e. The van der Waals surface area contributed by atoms with Crippen LogP contribution in [0.15, 0.2) is 24.3 Å². The maximum atomic E-state index is 11.2. The van der Waals surface area contributed by atoms with E-state index in [9.17, 15) is 4.79 Å². The van der Waals surface area contributed by atoms with Gasteiger partial charge in [-0.05, 0) is 17.7 Å². The third-order valence-corrected chi connectivity index (χ3v) is 1.90. The summed E-state index contributed by atoms with van der Waals surface area (Å²) in [6, 6.07) is 9.98. The third kappa shape index (κ3) is 2.32. The minimum absolute atomic E-state index is 0.338. The first kappa shape index (κ1) is 10.7. The Morgan fingerprint density at radius 1 is 1.40 bits per heavy atom. The van der Waals surface area contributed by atoms with Crippen LogP contribution in [0.1, 0.15) is 21.8 Å². The lowest BCUT2D eigenvalue weighted by atomic mass is 10.00. The van der Waals surface area contributed by atoms with Crippen molar-refractivity contribution >= 4 is 5.97 Å². The largest absolute Gasteiger partial charge is 0.465 e. The number of esters is 1. The number of nitrogens with zero attached hydrogens (tertiary/aromatic N) is 2. The van der Waals surface area contributed by atoms with Gasteiger partial charge in [0.2, 0.25) is 0 Å². The Morgan fingerprint density at radius 2 is 2.07 bits per heavy atom. The van der Waals surface area contributed by atoms with Gasteiger partial charge in [-0.2, -0.15) is 10.5 Å². The molecule has 0 N–H and O–H groups in total. The predicted molar refractivity (Wildman–Crippen MR) is 51.7 cm³/mol. The van der Waals surface area contributed by atoms with Crippen LogP contribution in [-0.2, 0) is 4.74 Å². The van der Waals surface area contributed by atoms with E-state index in [1.807, 2.05) is 12.1 Å². The van der Waals surface area contributed by atoms with E-state index in [1.54, 1.807) is 18.2 Å². The summed E-state index contributed by atoms with van der Waals surface area (Å²) in [5.41, 5.74) is 0.841. The Bertz CT molecular complexity index is 440. The van der Waals surface area contributed by atoms with Gasteiger partial charge in [0, 0.05) is 0 Å². The highest BCUT2D eigenvalue weighted by Crippen LogP contribution is 2.15. The lowest BCUT2D eigenvalue weighted by Gasteiger charge is -2.03. The zero-order chi connectivity index (χ0) is 11.3. The van der Waals surface area contributed by atoms with E-state index in [1.165, 1.54) is 13.2 Å². The molecule has 0 bridgehead atoms. The van der Waals surface area contributed by atoms with Gasteiger partial charge in [-0.1, -0.05) is 12.1 Å². The molecule has 74 valence electrons. The molecular formula is C11H8N2O2. The van der Waals surface area contributed by atoms with E-state index in [0.29, 0.717) is 11.1 Å². The fraction of sp³-hybridized carbons (Fsp3) is 0.182. The predicted octanol–water partition coefficient (Wildman–Crippen LogP) is 1.60. The van der Waals surface area contributed by atoms with Crippen molar-refractivity contribution in [3.8, 4) is 12.1 Å². The van der Waals surface area contributed by atoms with Crippen LogP contribution in [0, 0.1) is 22.7 Å². The second-order valence-electron chi connectivity index (χ2n) is 2.81. The third-order valence-electron chi connectivity index (χ3n) is 1.90. The highest BCUT2D eigenvalue weighted by molar-refractivity contribution is 5.89. The summed E-state index contributed by atoms with van der Waals surface area (Å²) in [6.07, 6.45) is 0. The van der Waals surface area contributed by atoms with Crippen LogP contribution >= 0.6 is 0 Å². The van der Waals surface area contributed by atoms with Crippen LogP contribution in [0.3, 0.4) is 0 Å². The molecule has 0 saturated carbocycles. The molecule has 4 heteroatoms. The van der Waals surface area contributed by atoms with Crippen LogP contribution in [0.5, 0.6) is 0 Å². The van der Waals surface area contributed by atoms with Crippen molar-refractivity contribution in [3.63, 3.8) is 0 Å². The van der Waals surface area contributed by atoms with Crippen LogP contribution in [-0.4, -0.2) is 13.1 Å². The molecule has 0 aliphatic rings. The summed E-state index contributed by atoms with van der Waals surface area (Å²) in [6.45, 7) is 0. The first-order valence-electron chi connectivity index (χ1n) is 4.20. The molecule has 0 radical (unpaired) electrons. The average Bonchev–Trinajstić information content (AvgIpc) is 2.30. The van der Waals surface area contributed by atoms with Crippen molar-refractivity contribution < 1.29 is 9.53 Å². The minimum Gasteiger partial charge on any atom is -0.465 e. The number of carbonyl (C=O) groups excluding carboxylic acids is 1. The molecule has 0 spiro atoms. The molecule has 0 amide bonds. The molecule has 0 heterocycles. The number of benzene rings is 1. The molecular weight excluding hydrogens is 192 g/mol. The Labute approximate surface area is 87.3 Å². The number of hydrogen-bond donors (Lipinski definition) is 0. The summed E-state index contributed by atoms with van der Waals surface area (Å²) in [4.78, 5) is 11.2. The molecule has 0 aromatic heterocycles. The Kier molecular flexibility index (Phi) is 3.43. The molecule has 1 rings (SSSR count). The SMILES string of the molecule is COC(=O)c1cccc(C(C#N)C#N)c1. The van der Waals surface area contributed by atoms with Crippen molar-refractivity contribution in [1.29, 1.82) is 10.5 Å². The van der Waals surface area contributed by atoms with Crippen molar-refractivity contribution in [1.82, 2.24) is 0 Å². The molecule has 0 fully saturated rings. The number of nitriles is 2. The van der Waals surface area contributed by atoms with Crippen LogP contribution in [0.2, 0.25) is 0 Å². The molecule has 0 atom stereocenters. The van der Waals surface area contributed by atoms with Crippen LogP contribution in [0.4, 0.5) is 0 Å². The van der Waals surface area contributed by atoms with Crippen molar-refractivity contribution in [3.05, 3.63) is 35.4 Å². The van der Waals surface area contributed by atoms with Crippen molar-refractivity contribution in [2.45, 2.75) is 5.92 Å². The molecule has 1 aromatic carbocycles. The highest BCUT2D eigenvalue weighted by atomic mass is 16.5. The number of ether oxygens (including phenoxy) is 1. The van der Waals surface area contributed by atoms with E-state index in [-0.39, 0.29) is 0 Å². The first-order valence-corrected chi connectivity index (χ1v) is 4.20. The first-order chi connectivity index (χ1) is 7.22. The van der Waals surface area contributed by atoms with Gasteiger partial charge in [-0.15, -0.1) is 0 Å². The molecule has 15 heavy (non-hydrogen) atoms. The van der Waals surface area contributed by atoms with Crippen molar-refractivity contribution in [2.24, 2.45) is 0 Å². The van der Waals surface area contributed by atoms with E-state index in [4.69, 9.17) is 10.5 Å². The van der Waals surface area contributed by atoms with E-state index >= 15 is 0 Å². The summed E-state index contributed by atoms with van der Waals surface area (Å²) in [5, 5.41) is 17.4. The summed E-state index contributed by atoms with van der Waals surface area (Å²) in [5.74, 6) is -1.33. The standard InChI is InChI=1S/C11H8N2O2/c1-15-11(14)9-4-2-3-8(5-9)10(6-12)7-13/h2-5,10H,1H3. The number of rotatable bonds is 2. The van der Waals surface area contributed by atoms with Crippen LogP contribution in [0.25, 0.3) is 0 Å². The zero-order valence-corrected chi connectivity index (χ0v) is 8.10. The van der Waals surface area contributed by atoms with Gasteiger partial charge in [0.15, 0.2) is 5.92 Å². The van der Waals surface area contributed by atoms with Gasteiger partial charge < -0.3 is 4.74 Å². The normalized spacial score (nSPS) is 9.07. The summed E-state index contributed by atoms with van der Waals surface area (Å²) >= 11 is 0. The van der Waals surface area contributed by atoms with Gasteiger partial charge in [0.25, 0.3) is 0 Å². The molecule has 4 nitrogen and oxygen atoms in total. The van der Waals surface area contributed by atoms with Gasteiger partial charge in [0.1, 0.15) is 0 Å². The van der Waals surface area contributed by atoms with Gasteiger partial charge >= 0.3 is 5.97 Å². The molecule has 0 aliphatic carbocycles. The zero-order valence-electron chi connectivity index (χ0n) is 8.10. The molecule has 1 aromatic rings. The second kappa shape index (κ2) is 4.78. The van der Waals surface area contributed by atoms with Crippen molar-refractivity contribution in [2.75, 3.05) is 7.11 Å². The lowest BCUT2D eigenvalue weighted by Crippen LogP contribution is -2.02. The van der Waals surface area contributed by atoms with Crippen LogP contribution < -0.4 is 0 Å². The monoisotopic (exact) mass is 200 g/mol. The topological polar surface area (TPSA) is 73.9 Å². The van der Waals surface area contributed by atoms with Gasteiger partial charge in [-0.3, -0.25) is 0 Å². The average molecular weight is 200 g/mol. The lowest BCUT2D eigenvalue weighted by molar-refractivity contribution is 0.0600. The quantitative estimate of drug-likeness (QED) is 0.679. The number of methoxy groups -OCH3 is 1. The Balaban J connectivity index is 3.09. The summed E-state index contributed by atoms with van der Waals surface area (Å²) < 4.78 is 4.53. The Morgan fingerprint density at radius 3 is 2.60 bits per heavy atom. The van der Waals surface area contributed by atoms with E-state index in [2.05, 4.69) is 4.74 Å². The fourth-order valence-electron chi connectivity index (χ4n) is 1.14. The molecule has 0 saturated heterocycles. The molecule has 0 unspecified atom stereocenters. The minimum atomic E-state index is -0.852. The number of carbonyl (C=O) groups is 1. The number of hydrogen-bond acceptors (Lipinski definition) is 4. The maximum Gasteiger partial charge on any atom is 0.337 e. The van der Waals surface area contributed by atoms with Gasteiger partial charge in [0.05, 0.1) is 24.8 Å². The second-order valence-corrected chi connectivity index (χ2v) is 2.81.